The second-order valence-corrected chi connectivity index (χ2v) is 4.27. The Morgan fingerprint density at radius 1 is 1.42 bits per heavy atom. The van der Waals surface area contributed by atoms with Gasteiger partial charge in [-0.1, -0.05) is 5.16 Å². The van der Waals surface area contributed by atoms with Crippen LogP contribution < -0.4 is 5.32 Å². The highest BCUT2D eigenvalue weighted by Gasteiger charge is 2.08. The minimum Gasteiger partial charge on any atom is -0.429 e. The van der Waals surface area contributed by atoms with Gasteiger partial charge < -0.3 is 19.2 Å². The van der Waals surface area contributed by atoms with Gasteiger partial charge in [0, 0.05) is 11.6 Å². The Bertz CT molecular complexity index is 773. The number of fused-ring (bicyclic) bond motifs is 1. The van der Waals surface area contributed by atoms with Crippen molar-refractivity contribution in [2.75, 3.05) is 0 Å². The molecule has 3 aromatic rings. The summed E-state index contributed by atoms with van der Waals surface area (Å²) >= 11 is 4.89. The van der Waals surface area contributed by atoms with Crippen LogP contribution >= 0.6 is 12.2 Å². The molecule has 96 valence electrons. The summed E-state index contributed by atoms with van der Waals surface area (Å²) in [6.45, 7) is 0.309. The highest BCUT2D eigenvalue weighted by molar-refractivity contribution is 7.71. The van der Waals surface area contributed by atoms with E-state index in [-0.39, 0.29) is 10.7 Å². The molecule has 1 amide bonds. The smallest absolute Gasteiger partial charge is 0.266 e. The standard InChI is InChI=1S/C12H9N3O3S/c16-11(13-6-8-3-4-17-15-8)7-1-2-9-10(5-7)18-12(19)14-9/h1-5H,6H2,(H,13,16)(H,14,19). The quantitative estimate of drug-likeness (QED) is 0.717. The van der Waals surface area contributed by atoms with Gasteiger partial charge in [0.25, 0.3) is 10.7 Å². The number of rotatable bonds is 3. The van der Waals surface area contributed by atoms with E-state index in [0.717, 1.165) is 5.52 Å². The molecule has 0 saturated carbocycles. The van der Waals surface area contributed by atoms with Crippen LogP contribution in [0.5, 0.6) is 0 Å². The molecule has 1 aromatic carbocycles. The number of benzene rings is 1. The largest absolute Gasteiger partial charge is 0.429 e. The summed E-state index contributed by atoms with van der Waals surface area (Å²) in [5, 5.41) is 6.44. The van der Waals surface area contributed by atoms with Gasteiger partial charge in [-0.25, -0.2) is 0 Å². The zero-order valence-corrected chi connectivity index (χ0v) is 10.5. The van der Waals surface area contributed by atoms with Crippen LogP contribution in [-0.4, -0.2) is 16.0 Å². The molecule has 0 aliphatic heterocycles. The average molecular weight is 275 g/mol. The lowest BCUT2D eigenvalue weighted by atomic mass is 10.2. The number of oxazole rings is 1. The molecule has 7 heteroatoms. The fourth-order valence-electron chi connectivity index (χ4n) is 1.69. The zero-order valence-electron chi connectivity index (χ0n) is 9.67. The Balaban J connectivity index is 1.79. The van der Waals surface area contributed by atoms with Gasteiger partial charge in [0.2, 0.25) is 0 Å². The monoisotopic (exact) mass is 275 g/mol. The Kier molecular flexibility index (Phi) is 2.88. The fraction of sp³-hybridized carbons (Fsp3) is 0.0833. The van der Waals surface area contributed by atoms with Gasteiger partial charge in [0.05, 0.1) is 12.1 Å². The fourth-order valence-corrected chi connectivity index (χ4v) is 1.89. The lowest BCUT2D eigenvalue weighted by Gasteiger charge is -2.02. The first-order valence-corrected chi connectivity index (χ1v) is 5.93. The molecule has 0 unspecified atom stereocenters. The first-order valence-electron chi connectivity index (χ1n) is 5.53. The summed E-state index contributed by atoms with van der Waals surface area (Å²) in [6, 6.07) is 6.77. The van der Waals surface area contributed by atoms with E-state index >= 15 is 0 Å². The molecular weight excluding hydrogens is 266 g/mol. The Morgan fingerprint density at radius 3 is 3.11 bits per heavy atom. The number of carbonyl (C=O) groups is 1. The maximum absolute atomic E-state index is 11.9. The highest BCUT2D eigenvalue weighted by atomic mass is 32.1. The van der Waals surface area contributed by atoms with Crippen molar-refractivity contribution in [2.24, 2.45) is 0 Å². The van der Waals surface area contributed by atoms with Gasteiger partial charge in [-0.15, -0.1) is 0 Å². The number of aromatic amines is 1. The first kappa shape index (κ1) is 11.7. The van der Waals surface area contributed by atoms with E-state index in [1.54, 1.807) is 24.3 Å². The molecule has 0 radical (unpaired) electrons. The Hall–Kier alpha value is -2.41. The predicted octanol–water partition coefficient (Wildman–Crippen LogP) is 2.41. The van der Waals surface area contributed by atoms with Crippen molar-refractivity contribution in [3.63, 3.8) is 0 Å². The van der Waals surface area contributed by atoms with E-state index in [1.165, 1.54) is 6.26 Å². The van der Waals surface area contributed by atoms with Gasteiger partial charge in [0.15, 0.2) is 5.58 Å². The summed E-state index contributed by atoms with van der Waals surface area (Å²) in [4.78, 5) is 15.1. The second kappa shape index (κ2) is 4.69. The second-order valence-electron chi connectivity index (χ2n) is 3.90. The number of nitrogens with zero attached hydrogens (tertiary/aromatic N) is 1. The number of hydrogen-bond donors (Lipinski definition) is 2. The van der Waals surface area contributed by atoms with Crippen LogP contribution in [0.3, 0.4) is 0 Å². The van der Waals surface area contributed by atoms with Crippen LogP contribution in [0.25, 0.3) is 11.1 Å². The highest BCUT2D eigenvalue weighted by Crippen LogP contribution is 2.15. The summed E-state index contributed by atoms with van der Waals surface area (Å²) < 4.78 is 9.94. The Morgan fingerprint density at radius 2 is 2.32 bits per heavy atom. The van der Waals surface area contributed by atoms with Crippen LogP contribution in [0.4, 0.5) is 0 Å². The molecule has 0 fully saturated rings. The minimum atomic E-state index is -0.216. The summed E-state index contributed by atoms with van der Waals surface area (Å²) in [5.74, 6) is -0.216. The lowest BCUT2D eigenvalue weighted by Crippen LogP contribution is -2.22. The number of H-pyrrole nitrogens is 1. The molecule has 2 aromatic heterocycles. The van der Waals surface area contributed by atoms with Gasteiger partial charge in [-0.3, -0.25) is 4.79 Å². The van der Waals surface area contributed by atoms with Gasteiger partial charge >= 0.3 is 0 Å². The molecule has 3 rings (SSSR count). The topological polar surface area (TPSA) is 84.1 Å². The number of hydrogen-bond acceptors (Lipinski definition) is 5. The third kappa shape index (κ3) is 2.41. The number of amides is 1. The minimum absolute atomic E-state index is 0.216. The zero-order chi connectivity index (χ0) is 13.2. The predicted molar refractivity (Wildman–Crippen MR) is 69.1 cm³/mol. The molecule has 19 heavy (non-hydrogen) atoms. The van der Waals surface area contributed by atoms with Crippen molar-refractivity contribution in [2.45, 2.75) is 6.54 Å². The van der Waals surface area contributed by atoms with E-state index in [0.29, 0.717) is 23.4 Å². The maximum Gasteiger partial charge on any atom is 0.266 e. The SMILES string of the molecule is O=C(NCc1ccon1)c1ccc2[nH]c(=S)oc2c1. The molecule has 0 aliphatic carbocycles. The first-order chi connectivity index (χ1) is 9.22. The summed E-state index contributed by atoms with van der Waals surface area (Å²) in [5.41, 5.74) is 2.47. The van der Waals surface area contributed by atoms with E-state index in [9.17, 15) is 4.79 Å². The molecule has 0 saturated heterocycles. The van der Waals surface area contributed by atoms with Crippen molar-refractivity contribution in [1.82, 2.24) is 15.5 Å². The van der Waals surface area contributed by atoms with E-state index in [4.69, 9.17) is 16.6 Å². The van der Waals surface area contributed by atoms with Gasteiger partial charge in [-0.2, -0.15) is 0 Å². The number of nitrogens with one attached hydrogen (secondary N) is 2. The van der Waals surface area contributed by atoms with E-state index in [1.807, 2.05) is 0 Å². The van der Waals surface area contributed by atoms with Crippen LogP contribution in [0.1, 0.15) is 16.1 Å². The van der Waals surface area contributed by atoms with Crippen LogP contribution in [0.2, 0.25) is 0 Å². The van der Waals surface area contributed by atoms with Crippen molar-refractivity contribution in [3.8, 4) is 0 Å². The molecule has 0 spiro atoms. The third-order valence-electron chi connectivity index (χ3n) is 2.60. The maximum atomic E-state index is 11.9. The molecule has 6 nitrogen and oxygen atoms in total. The van der Waals surface area contributed by atoms with Crippen molar-refractivity contribution in [1.29, 1.82) is 0 Å². The molecule has 2 N–H and O–H groups in total. The summed E-state index contributed by atoms with van der Waals surface area (Å²) in [6.07, 6.45) is 1.46. The van der Waals surface area contributed by atoms with Crippen LogP contribution in [0.15, 0.2) is 39.5 Å². The third-order valence-corrected chi connectivity index (χ3v) is 2.79. The van der Waals surface area contributed by atoms with Crippen molar-refractivity contribution < 1.29 is 13.7 Å². The lowest BCUT2D eigenvalue weighted by molar-refractivity contribution is 0.0950. The molecule has 2 heterocycles. The van der Waals surface area contributed by atoms with E-state index < -0.39 is 0 Å². The molecule has 0 atom stereocenters. The van der Waals surface area contributed by atoms with Gasteiger partial charge in [0.1, 0.15) is 12.0 Å². The Labute approximate surface area is 112 Å². The van der Waals surface area contributed by atoms with Crippen LogP contribution in [-0.2, 0) is 6.54 Å². The molecular formula is C12H9N3O3S. The van der Waals surface area contributed by atoms with E-state index in [2.05, 4.69) is 20.0 Å². The number of carbonyl (C=O) groups excluding carboxylic acids is 1. The van der Waals surface area contributed by atoms with Crippen molar-refractivity contribution in [3.05, 3.63) is 46.6 Å². The van der Waals surface area contributed by atoms with Crippen LogP contribution in [0, 0.1) is 4.84 Å². The van der Waals surface area contributed by atoms with Gasteiger partial charge in [-0.05, 0) is 30.4 Å². The number of aromatic nitrogens is 2. The normalized spacial score (nSPS) is 10.7. The average Bonchev–Trinajstić information content (AvgIpc) is 3.02. The summed E-state index contributed by atoms with van der Waals surface area (Å²) in [7, 11) is 0. The van der Waals surface area contributed by atoms with Crippen molar-refractivity contribution >= 4 is 29.2 Å². The molecule has 0 aliphatic rings. The molecule has 0 bridgehead atoms.